The number of fused-ring (bicyclic) bond motifs is 3. The highest BCUT2D eigenvalue weighted by Gasteiger charge is 2.14. The minimum Gasteiger partial charge on any atom is -0.330 e. The molecule has 0 bridgehead atoms. The molecule has 5 nitrogen and oxygen atoms in total. The highest BCUT2D eigenvalue weighted by Crippen LogP contribution is 2.26. The maximum Gasteiger partial charge on any atom is 0.116 e. The van der Waals surface area contributed by atoms with E-state index in [0.29, 0.717) is 12.0 Å². The molecule has 0 saturated carbocycles. The van der Waals surface area contributed by atoms with Gasteiger partial charge in [-0.05, 0) is 25.1 Å². The average Bonchev–Trinajstić information content (AvgIpc) is 3.11. The summed E-state index contributed by atoms with van der Waals surface area (Å²) in [5, 5.41) is 11.1. The molecule has 0 aliphatic rings. The van der Waals surface area contributed by atoms with Gasteiger partial charge in [-0.25, -0.2) is 9.97 Å². The molecule has 0 amide bonds. The van der Waals surface area contributed by atoms with Crippen molar-refractivity contribution in [1.29, 1.82) is 5.26 Å². The second-order valence-electron chi connectivity index (χ2n) is 5.46. The highest BCUT2D eigenvalue weighted by molar-refractivity contribution is 7.11. The largest absolute Gasteiger partial charge is 0.330 e. The Morgan fingerprint density at radius 2 is 2.09 bits per heavy atom. The van der Waals surface area contributed by atoms with Crippen LogP contribution < -0.4 is 0 Å². The molecule has 0 fully saturated rings. The van der Waals surface area contributed by atoms with Gasteiger partial charge >= 0.3 is 0 Å². The van der Waals surface area contributed by atoms with Crippen LogP contribution in [0.1, 0.15) is 21.3 Å². The van der Waals surface area contributed by atoms with Crippen molar-refractivity contribution in [1.82, 2.24) is 19.5 Å². The Morgan fingerprint density at radius 1 is 1.22 bits per heavy atom. The quantitative estimate of drug-likeness (QED) is 0.568. The third kappa shape index (κ3) is 2.26. The second-order valence-corrected chi connectivity index (χ2v) is 6.78. The van der Waals surface area contributed by atoms with Crippen LogP contribution in [0.5, 0.6) is 0 Å². The van der Waals surface area contributed by atoms with E-state index in [4.69, 9.17) is 10.2 Å². The molecule has 0 saturated heterocycles. The average molecular weight is 319 g/mol. The summed E-state index contributed by atoms with van der Waals surface area (Å²) in [6.07, 6.45) is 4.38. The molecule has 4 rings (SSSR count). The van der Waals surface area contributed by atoms with Crippen molar-refractivity contribution in [2.75, 3.05) is 0 Å². The minimum absolute atomic E-state index is 0.630. The first-order chi connectivity index (χ1) is 11.2. The van der Waals surface area contributed by atoms with Crippen LogP contribution in [0.2, 0.25) is 0 Å². The maximum absolute atomic E-state index is 9.14. The number of nitrogens with zero attached hydrogens (tertiary/aromatic N) is 5. The van der Waals surface area contributed by atoms with Gasteiger partial charge in [0.05, 0.1) is 35.3 Å². The highest BCUT2D eigenvalue weighted by atomic mass is 32.1. The van der Waals surface area contributed by atoms with E-state index in [0.717, 1.165) is 32.8 Å². The van der Waals surface area contributed by atoms with Gasteiger partial charge in [0.2, 0.25) is 0 Å². The Bertz CT molecular complexity index is 1080. The first kappa shape index (κ1) is 13.9. The lowest BCUT2D eigenvalue weighted by Gasteiger charge is -2.03. The number of nitriles is 1. The van der Waals surface area contributed by atoms with E-state index in [1.807, 2.05) is 25.4 Å². The van der Waals surface area contributed by atoms with Gasteiger partial charge in [0, 0.05) is 23.5 Å². The number of pyridine rings is 1. The van der Waals surface area contributed by atoms with Gasteiger partial charge in [-0.3, -0.25) is 4.98 Å². The normalized spacial score (nSPS) is 11.2. The Kier molecular flexibility index (Phi) is 3.10. The van der Waals surface area contributed by atoms with Crippen LogP contribution >= 0.6 is 11.3 Å². The van der Waals surface area contributed by atoms with Crippen LogP contribution in [0, 0.1) is 18.3 Å². The Labute approximate surface area is 136 Å². The van der Waals surface area contributed by atoms with E-state index in [-0.39, 0.29) is 0 Å². The third-order valence-corrected chi connectivity index (χ3v) is 4.81. The van der Waals surface area contributed by atoms with Crippen molar-refractivity contribution in [3.05, 3.63) is 51.9 Å². The molecule has 6 heteroatoms. The zero-order valence-corrected chi connectivity index (χ0v) is 13.6. The monoisotopic (exact) mass is 319 g/mol. The van der Waals surface area contributed by atoms with Gasteiger partial charge in [0.1, 0.15) is 16.3 Å². The van der Waals surface area contributed by atoms with Crippen LogP contribution in [-0.4, -0.2) is 19.5 Å². The first-order valence-electron chi connectivity index (χ1n) is 7.21. The Hall–Kier alpha value is -2.78. The lowest BCUT2D eigenvalue weighted by Crippen LogP contribution is -1.99. The summed E-state index contributed by atoms with van der Waals surface area (Å²) in [6.45, 7) is 2.05. The van der Waals surface area contributed by atoms with Crippen molar-refractivity contribution < 1.29 is 0 Å². The van der Waals surface area contributed by atoms with Gasteiger partial charge in [-0.1, -0.05) is 0 Å². The van der Waals surface area contributed by atoms with Crippen molar-refractivity contribution in [3.63, 3.8) is 0 Å². The SMILES string of the molecule is Cc1cnc(Cc2nc3cnc4ccc(C#N)cc4c3n2C)s1. The number of hydrogen-bond donors (Lipinski definition) is 0. The van der Waals surface area contributed by atoms with Crippen LogP contribution in [0.3, 0.4) is 0 Å². The Balaban J connectivity index is 1.93. The molecule has 0 aliphatic heterocycles. The number of aromatic nitrogens is 4. The van der Waals surface area contributed by atoms with Crippen LogP contribution in [0.4, 0.5) is 0 Å². The number of hydrogen-bond acceptors (Lipinski definition) is 5. The number of benzene rings is 1. The van der Waals surface area contributed by atoms with Gasteiger partial charge in [-0.2, -0.15) is 5.26 Å². The van der Waals surface area contributed by atoms with Crippen molar-refractivity contribution in [2.24, 2.45) is 7.05 Å². The molecule has 0 atom stereocenters. The molecule has 3 heterocycles. The summed E-state index contributed by atoms with van der Waals surface area (Å²) < 4.78 is 2.08. The third-order valence-electron chi connectivity index (χ3n) is 3.90. The van der Waals surface area contributed by atoms with Gasteiger partial charge < -0.3 is 4.57 Å². The number of rotatable bonds is 2. The van der Waals surface area contributed by atoms with E-state index in [2.05, 4.69) is 27.5 Å². The van der Waals surface area contributed by atoms with Crippen LogP contribution in [-0.2, 0) is 13.5 Å². The molecule has 0 unspecified atom stereocenters. The number of aryl methyl sites for hydroxylation is 2. The maximum atomic E-state index is 9.14. The molecule has 112 valence electrons. The Morgan fingerprint density at radius 3 is 2.83 bits per heavy atom. The molecule has 1 aromatic carbocycles. The minimum atomic E-state index is 0.630. The summed E-state index contributed by atoms with van der Waals surface area (Å²) >= 11 is 1.69. The molecule has 4 aromatic rings. The molecule has 3 aromatic heterocycles. The standard InChI is InChI=1S/C17H13N5S/c1-10-8-20-16(23-10)6-15-21-14-9-19-13-4-3-11(7-18)5-12(13)17(14)22(15)2/h3-5,8-9H,6H2,1-2H3. The summed E-state index contributed by atoms with van der Waals surface area (Å²) in [5.74, 6) is 0.950. The molecule has 0 N–H and O–H groups in total. The van der Waals surface area contributed by atoms with E-state index >= 15 is 0 Å². The van der Waals surface area contributed by atoms with Crippen molar-refractivity contribution >= 4 is 33.3 Å². The molecule has 0 radical (unpaired) electrons. The summed E-state index contributed by atoms with van der Waals surface area (Å²) in [6, 6.07) is 7.73. The number of imidazole rings is 1. The smallest absolute Gasteiger partial charge is 0.116 e. The number of thiazole rings is 1. The van der Waals surface area contributed by atoms with Crippen molar-refractivity contribution in [2.45, 2.75) is 13.3 Å². The zero-order valence-electron chi connectivity index (χ0n) is 12.7. The fraction of sp³-hybridized carbons (Fsp3) is 0.176. The van der Waals surface area contributed by atoms with Gasteiger partial charge in [0.25, 0.3) is 0 Å². The van der Waals surface area contributed by atoms with E-state index in [9.17, 15) is 0 Å². The van der Waals surface area contributed by atoms with E-state index < -0.39 is 0 Å². The van der Waals surface area contributed by atoms with E-state index in [1.165, 1.54) is 4.88 Å². The van der Waals surface area contributed by atoms with Crippen LogP contribution in [0.15, 0.2) is 30.6 Å². The first-order valence-corrected chi connectivity index (χ1v) is 8.03. The predicted molar refractivity (Wildman–Crippen MR) is 90.4 cm³/mol. The molecule has 0 spiro atoms. The van der Waals surface area contributed by atoms with Gasteiger partial charge in [0.15, 0.2) is 0 Å². The summed E-state index contributed by atoms with van der Waals surface area (Å²) in [5.41, 5.74) is 3.36. The van der Waals surface area contributed by atoms with Gasteiger partial charge in [-0.15, -0.1) is 11.3 Å². The summed E-state index contributed by atoms with van der Waals surface area (Å²) in [4.78, 5) is 14.8. The topological polar surface area (TPSA) is 67.4 Å². The predicted octanol–water partition coefficient (Wildman–Crippen LogP) is 3.35. The second kappa shape index (κ2) is 5.14. The zero-order chi connectivity index (χ0) is 16.0. The molecule has 23 heavy (non-hydrogen) atoms. The van der Waals surface area contributed by atoms with E-state index in [1.54, 1.807) is 23.6 Å². The summed E-state index contributed by atoms with van der Waals surface area (Å²) in [7, 11) is 2.00. The fourth-order valence-electron chi connectivity index (χ4n) is 2.79. The molecule has 0 aliphatic carbocycles. The van der Waals surface area contributed by atoms with Crippen LogP contribution in [0.25, 0.3) is 21.9 Å². The fourth-order valence-corrected chi connectivity index (χ4v) is 3.58. The van der Waals surface area contributed by atoms with Crippen molar-refractivity contribution in [3.8, 4) is 6.07 Å². The lowest BCUT2D eigenvalue weighted by atomic mass is 10.1. The molecular weight excluding hydrogens is 306 g/mol. The molecular formula is C17H13N5S. The lowest BCUT2D eigenvalue weighted by molar-refractivity contribution is 0.843.